The maximum atomic E-state index is 4.66. The molecule has 4 rings (SSSR count). The van der Waals surface area contributed by atoms with Crippen LogP contribution in [0.1, 0.15) is 49.4 Å². The van der Waals surface area contributed by atoms with Crippen LogP contribution in [0, 0.1) is 0 Å². The van der Waals surface area contributed by atoms with Gasteiger partial charge in [-0.1, -0.05) is 37.5 Å². The molecule has 5 nitrogen and oxygen atoms in total. The normalized spacial score (nSPS) is 15.8. The van der Waals surface area contributed by atoms with Crippen molar-refractivity contribution < 1.29 is 0 Å². The molecule has 23 heavy (non-hydrogen) atoms. The van der Waals surface area contributed by atoms with Gasteiger partial charge in [0, 0.05) is 18.3 Å². The molecule has 0 saturated heterocycles. The lowest BCUT2D eigenvalue weighted by Gasteiger charge is -2.22. The van der Waals surface area contributed by atoms with Gasteiger partial charge in [0.15, 0.2) is 0 Å². The highest BCUT2D eigenvalue weighted by Crippen LogP contribution is 2.32. The number of imidazole rings is 1. The Morgan fingerprint density at radius 3 is 2.78 bits per heavy atom. The van der Waals surface area contributed by atoms with E-state index in [1.165, 1.54) is 43.5 Å². The number of hydrogen-bond donors (Lipinski definition) is 0. The number of aromatic nitrogens is 5. The van der Waals surface area contributed by atoms with Gasteiger partial charge >= 0.3 is 0 Å². The first-order chi connectivity index (χ1) is 11.4. The Balaban J connectivity index is 1.63. The summed E-state index contributed by atoms with van der Waals surface area (Å²) in [4.78, 5) is 8.72. The van der Waals surface area contributed by atoms with Gasteiger partial charge in [-0.05, 0) is 24.5 Å². The molecule has 1 aromatic carbocycles. The van der Waals surface area contributed by atoms with E-state index >= 15 is 0 Å². The second kappa shape index (κ2) is 6.36. The number of nitrogens with zero attached hydrogens (tertiary/aromatic N) is 5. The molecule has 1 aliphatic rings. The number of benzene rings is 1. The van der Waals surface area contributed by atoms with Crippen molar-refractivity contribution >= 4 is 0 Å². The van der Waals surface area contributed by atoms with Gasteiger partial charge in [0.2, 0.25) is 0 Å². The molecule has 5 heteroatoms. The quantitative estimate of drug-likeness (QED) is 0.740. The lowest BCUT2D eigenvalue weighted by molar-refractivity contribution is 0.418. The van der Waals surface area contributed by atoms with Crippen molar-refractivity contribution in [2.45, 2.75) is 44.6 Å². The van der Waals surface area contributed by atoms with E-state index in [0.29, 0.717) is 5.92 Å². The summed E-state index contributed by atoms with van der Waals surface area (Å²) in [6.07, 6.45) is 13.9. The van der Waals surface area contributed by atoms with E-state index in [2.05, 4.69) is 44.0 Å². The maximum Gasteiger partial charge on any atom is 0.138 e. The minimum Gasteiger partial charge on any atom is -0.330 e. The minimum absolute atomic E-state index is 0.609. The van der Waals surface area contributed by atoms with Gasteiger partial charge in [-0.25, -0.2) is 14.6 Å². The summed E-state index contributed by atoms with van der Waals surface area (Å²) in [7, 11) is 0. The fraction of sp³-hybridized carbons (Fsp3) is 0.389. The van der Waals surface area contributed by atoms with Gasteiger partial charge in [0.05, 0.1) is 12.2 Å². The molecule has 0 radical (unpaired) electrons. The van der Waals surface area contributed by atoms with Gasteiger partial charge in [-0.3, -0.25) is 0 Å². The van der Waals surface area contributed by atoms with Crippen LogP contribution >= 0.6 is 0 Å². The van der Waals surface area contributed by atoms with Gasteiger partial charge < -0.3 is 4.57 Å². The van der Waals surface area contributed by atoms with Gasteiger partial charge in [-0.2, -0.15) is 5.10 Å². The Morgan fingerprint density at radius 2 is 1.96 bits per heavy atom. The molecule has 118 valence electrons. The summed E-state index contributed by atoms with van der Waals surface area (Å²) in [5.41, 5.74) is 2.31. The van der Waals surface area contributed by atoms with Gasteiger partial charge in [0.25, 0.3) is 0 Å². The SMILES string of the molecule is c1ccc(-n2cncn2)c(Cn2ccnc2C2CCCCC2)c1. The summed E-state index contributed by atoms with van der Waals surface area (Å²) < 4.78 is 4.12. The summed E-state index contributed by atoms with van der Waals surface area (Å²) in [5.74, 6) is 1.84. The summed E-state index contributed by atoms with van der Waals surface area (Å²) >= 11 is 0. The zero-order valence-electron chi connectivity index (χ0n) is 13.2. The highest BCUT2D eigenvalue weighted by Gasteiger charge is 2.20. The molecule has 0 atom stereocenters. The first-order valence-corrected chi connectivity index (χ1v) is 8.36. The van der Waals surface area contributed by atoms with Crippen LogP contribution in [0.25, 0.3) is 5.69 Å². The van der Waals surface area contributed by atoms with Crippen LogP contribution in [-0.2, 0) is 6.54 Å². The summed E-state index contributed by atoms with van der Waals surface area (Å²) in [6, 6.07) is 8.35. The molecule has 0 aliphatic heterocycles. The lowest BCUT2D eigenvalue weighted by atomic mass is 9.88. The Hall–Kier alpha value is -2.43. The van der Waals surface area contributed by atoms with Crippen LogP contribution in [-0.4, -0.2) is 24.3 Å². The first-order valence-electron chi connectivity index (χ1n) is 8.36. The average Bonchev–Trinajstić information content (AvgIpc) is 3.28. The first kappa shape index (κ1) is 14.2. The van der Waals surface area contributed by atoms with E-state index in [1.54, 1.807) is 12.7 Å². The molecule has 0 unspecified atom stereocenters. The summed E-state index contributed by atoms with van der Waals surface area (Å²) in [5, 5.41) is 4.27. The Labute approximate surface area is 136 Å². The molecule has 2 heterocycles. The van der Waals surface area contributed by atoms with Gasteiger partial charge in [0.1, 0.15) is 18.5 Å². The molecule has 1 saturated carbocycles. The Bertz CT molecular complexity index is 753. The van der Waals surface area contributed by atoms with Crippen LogP contribution in [0.5, 0.6) is 0 Å². The van der Waals surface area contributed by atoms with E-state index < -0.39 is 0 Å². The third kappa shape index (κ3) is 2.91. The van der Waals surface area contributed by atoms with Crippen molar-refractivity contribution in [1.29, 1.82) is 0 Å². The van der Waals surface area contributed by atoms with Crippen molar-refractivity contribution in [3.05, 3.63) is 60.7 Å². The summed E-state index contributed by atoms with van der Waals surface area (Å²) in [6.45, 7) is 0.821. The van der Waals surface area contributed by atoms with Gasteiger partial charge in [-0.15, -0.1) is 0 Å². The fourth-order valence-corrected chi connectivity index (χ4v) is 3.56. The Kier molecular flexibility index (Phi) is 3.92. The zero-order chi connectivity index (χ0) is 15.5. The number of hydrogen-bond acceptors (Lipinski definition) is 3. The molecule has 1 fully saturated rings. The molecule has 0 N–H and O–H groups in total. The van der Waals surface area contributed by atoms with E-state index in [1.807, 2.05) is 16.9 Å². The van der Waals surface area contributed by atoms with Crippen LogP contribution < -0.4 is 0 Å². The van der Waals surface area contributed by atoms with Crippen LogP contribution in [0.15, 0.2) is 49.3 Å². The zero-order valence-corrected chi connectivity index (χ0v) is 13.2. The molecule has 0 spiro atoms. The molecule has 2 aromatic heterocycles. The van der Waals surface area contributed by atoms with Crippen LogP contribution in [0.3, 0.4) is 0 Å². The Morgan fingerprint density at radius 1 is 1.09 bits per heavy atom. The molecular weight excluding hydrogens is 286 g/mol. The van der Waals surface area contributed by atoms with E-state index in [4.69, 9.17) is 0 Å². The highest BCUT2D eigenvalue weighted by molar-refractivity contribution is 5.40. The standard InChI is InChI=1S/C18H21N5/c1-2-6-15(7-3-1)18-20-10-11-22(18)12-16-8-4-5-9-17(16)23-14-19-13-21-23/h4-5,8-11,13-15H,1-3,6-7,12H2. The predicted octanol–water partition coefficient (Wildman–Crippen LogP) is 3.56. The topological polar surface area (TPSA) is 48.5 Å². The van der Waals surface area contributed by atoms with E-state index in [9.17, 15) is 0 Å². The lowest BCUT2D eigenvalue weighted by Crippen LogP contribution is -2.13. The average molecular weight is 307 g/mol. The van der Waals surface area contributed by atoms with Crippen LogP contribution in [0.2, 0.25) is 0 Å². The fourth-order valence-electron chi connectivity index (χ4n) is 3.56. The van der Waals surface area contributed by atoms with Crippen LogP contribution in [0.4, 0.5) is 0 Å². The van der Waals surface area contributed by atoms with Crippen molar-refractivity contribution in [2.75, 3.05) is 0 Å². The van der Waals surface area contributed by atoms with Crippen molar-refractivity contribution in [3.63, 3.8) is 0 Å². The second-order valence-electron chi connectivity index (χ2n) is 6.22. The molecule has 3 aromatic rings. The molecular formula is C18H21N5. The van der Waals surface area contributed by atoms with Crippen molar-refractivity contribution in [2.24, 2.45) is 0 Å². The smallest absolute Gasteiger partial charge is 0.138 e. The van der Waals surface area contributed by atoms with E-state index in [0.717, 1.165) is 12.2 Å². The monoisotopic (exact) mass is 307 g/mol. The third-order valence-electron chi connectivity index (χ3n) is 4.72. The largest absolute Gasteiger partial charge is 0.330 e. The number of para-hydroxylation sites is 1. The third-order valence-corrected chi connectivity index (χ3v) is 4.72. The predicted molar refractivity (Wildman–Crippen MR) is 88.5 cm³/mol. The van der Waals surface area contributed by atoms with Crippen molar-refractivity contribution in [1.82, 2.24) is 24.3 Å². The second-order valence-corrected chi connectivity index (χ2v) is 6.22. The molecule has 0 bridgehead atoms. The highest BCUT2D eigenvalue weighted by atomic mass is 15.3. The maximum absolute atomic E-state index is 4.66. The van der Waals surface area contributed by atoms with Crippen molar-refractivity contribution in [3.8, 4) is 5.69 Å². The molecule has 1 aliphatic carbocycles. The molecule has 0 amide bonds. The minimum atomic E-state index is 0.609. The number of rotatable bonds is 4. The van der Waals surface area contributed by atoms with E-state index in [-0.39, 0.29) is 0 Å².